The molecule has 208 valence electrons. The Morgan fingerprint density at radius 1 is 1.16 bits per heavy atom. The van der Waals surface area contributed by atoms with Crippen molar-refractivity contribution in [1.82, 2.24) is 14.8 Å². The Hall–Kier alpha value is -2.37. The fraction of sp³-hybridized carbons (Fsp3) is 0.556. The second-order valence-corrected chi connectivity index (χ2v) is 11.0. The molecular formula is C27H34BrF3N4O3. The molecule has 0 saturated carbocycles. The molecule has 0 aliphatic carbocycles. The lowest BCUT2D eigenvalue weighted by molar-refractivity contribution is -0.138. The number of alkyl halides is 3. The van der Waals surface area contributed by atoms with E-state index < -0.39 is 23.7 Å². The predicted octanol–water partition coefficient (Wildman–Crippen LogP) is 5.29. The van der Waals surface area contributed by atoms with Gasteiger partial charge in [0.15, 0.2) is 0 Å². The number of pyridine rings is 1. The number of aromatic nitrogens is 1. The van der Waals surface area contributed by atoms with Gasteiger partial charge in [0.2, 0.25) is 0 Å². The minimum atomic E-state index is -4.49. The number of benzene rings is 1. The maximum Gasteiger partial charge on any atom is 0.416 e. The van der Waals surface area contributed by atoms with E-state index >= 15 is 0 Å². The summed E-state index contributed by atoms with van der Waals surface area (Å²) in [6.45, 7) is 5.91. The summed E-state index contributed by atoms with van der Waals surface area (Å²) in [5.74, 6) is -0.466. The molecule has 2 aromatic rings. The molecule has 11 heteroatoms. The van der Waals surface area contributed by atoms with E-state index in [1.165, 1.54) is 13.0 Å². The molecule has 4 rings (SSSR count). The Morgan fingerprint density at radius 3 is 2.45 bits per heavy atom. The summed E-state index contributed by atoms with van der Waals surface area (Å²) in [5.41, 5.74) is 0.194. The summed E-state index contributed by atoms with van der Waals surface area (Å²) in [7, 11) is 2.05. The van der Waals surface area contributed by atoms with Gasteiger partial charge in [0.1, 0.15) is 4.47 Å². The minimum Gasteiger partial charge on any atom is -0.381 e. The highest BCUT2D eigenvalue weighted by atomic mass is 79.9. The number of carbonyl (C=O) groups is 1. The Labute approximate surface area is 228 Å². The molecule has 38 heavy (non-hydrogen) atoms. The van der Waals surface area contributed by atoms with Crippen molar-refractivity contribution in [1.29, 1.82) is 0 Å². The van der Waals surface area contributed by atoms with Crippen LogP contribution in [0.25, 0.3) is 0 Å². The van der Waals surface area contributed by atoms with Crippen molar-refractivity contribution >= 4 is 27.5 Å². The topological polar surface area (TPSA) is 75.6 Å². The van der Waals surface area contributed by atoms with Crippen LogP contribution < -0.4 is 16.2 Å². The monoisotopic (exact) mass is 598 g/mol. The molecule has 2 N–H and O–H groups in total. The molecule has 0 bridgehead atoms. The zero-order chi connectivity index (χ0) is 27.6. The van der Waals surface area contributed by atoms with Crippen LogP contribution in [0.2, 0.25) is 0 Å². The summed E-state index contributed by atoms with van der Waals surface area (Å²) >= 11 is 3.47. The lowest BCUT2D eigenvalue weighted by atomic mass is 9.97. The van der Waals surface area contributed by atoms with E-state index in [0.717, 1.165) is 32.0 Å². The van der Waals surface area contributed by atoms with Crippen LogP contribution in [0.4, 0.5) is 18.9 Å². The first-order chi connectivity index (χ1) is 18.0. The molecular weight excluding hydrogens is 565 g/mol. The van der Waals surface area contributed by atoms with E-state index in [0.29, 0.717) is 37.3 Å². The Balaban J connectivity index is 1.69. The van der Waals surface area contributed by atoms with Crippen molar-refractivity contribution in [3.8, 4) is 0 Å². The number of hydrogen-bond acceptors (Lipinski definition) is 5. The fourth-order valence-corrected chi connectivity index (χ4v) is 5.82. The highest BCUT2D eigenvalue weighted by molar-refractivity contribution is 9.10. The van der Waals surface area contributed by atoms with E-state index in [1.54, 1.807) is 23.8 Å². The maximum atomic E-state index is 13.7. The molecule has 0 spiro atoms. The van der Waals surface area contributed by atoms with E-state index in [-0.39, 0.29) is 33.2 Å². The van der Waals surface area contributed by atoms with Gasteiger partial charge in [-0.05, 0) is 92.8 Å². The number of likely N-dealkylation sites (tertiary alicyclic amines) is 1. The number of ether oxygens (including phenoxy) is 1. The van der Waals surface area contributed by atoms with Crippen LogP contribution in [0.3, 0.4) is 0 Å². The van der Waals surface area contributed by atoms with Crippen LogP contribution >= 0.6 is 15.9 Å². The molecule has 3 heterocycles. The molecule has 1 atom stereocenters. The quantitative estimate of drug-likeness (QED) is 0.473. The van der Waals surface area contributed by atoms with Crippen molar-refractivity contribution in [2.45, 2.75) is 63.8 Å². The largest absolute Gasteiger partial charge is 0.416 e. The van der Waals surface area contributed by atoms with Crippen LogP contribution in [-0.2, 0) is 10.9 Å². The second kappa shape index (κ2) is 11.8. The lowest BCUT2D eigenvalue weighted by Gasteiger charge is -2.32. The van der Waals surface area contributed by atoms with Gasteiger partial charge in [-0.25, -0.2) is 0 Å². The number of rotatable bonds is 6. The maximum absolute atomic E-state index is 13.7. The van der Waals surface area contributed by atoms with Gasteiger partial charge in [-0.3, -0.25) is 9.59 Å². The van der Waals surface area contributed by atoms with Crippen LogP contribution in [-0.4, -0.2) is 54.8 Å². The highest BCUT2D eigenvalue weighted by Crippen LogP contribution is 2.35. The third-order valence-electron chi connectivity index (χ3n) is 7.57. The minimum absolute atomic E-state index is 0.0748. The molecule has 7 nitrogen and oxygen atoms in total. The molecule has 1 unspecified atom stereocenters. The first-order valence-electron chi connectivity index (χ1n) is 12.9. The van der Waals surface area contributed by atoms with Crippen molar-refractivity contribution < 1.29 is 22.7 Å². The zero-order valence-electron chi connectivity index (χ0n) is 21.8. The first-order valence-corrected chi connectivity index (χ1v) is 13.7. The number of hydrogen-bond donors (Lipinski definition) is 2. The molecule has 2 fully saturated rings. The summed E-state index contributed by atoms with van der Waals surface area (Å²) < 4.78 is 47.7. The Kier molecular flexibility index (Phi) is 8.89. The van der Waals surface area contributed by atoms with E-state index in [1.807, 2.05) is 0 Å². The second-order valence-electron chi connectivity index (χ2n) is 10.2. The molecule has 2 saturated heterocycles. The predicted molar refractivity (Wildman–Crippen MR) is 144 cm³/mol. The normalized spacial score (nSPS) is 18.8. The average Bonchev–Trinajstić information content (AvgIpc) is 2.88. The Bertz CT molecular complexity index is 1220. The van der Waals surface area contributed by atoms with E-state index in [2.05, 4.69) is 38.5 Å². The number of amides is 1. The molecule has 1 amide bonds. The average molecular weight is 599 g/mol. The fourth-order valence-electron chi connectivity index (χ4n) is 5.29. The van der Waals surface area contributed by atoms with Crippen molar-refractivity contribution in [3.63, 3.8) is 0 Å². The number of nitrogens with one attached hydrogen (secondary N) is 2. The van der Waals surface area contributed by atoms with Gasteiger partial charge in [-0.1, -0.05) is 12.1 Å². The van der Waals surface area contributed by atoms with E-state index in [4.69, 9.17) is 4.74 Å². The standard InChI is InChI=1S/C27H34BrF3N4O3/c1-16-20(5-4-6-22(16)27(29,30)31)17(2)32-25(36)21-15-35(19-9-13-38-14-10-19)26(37)23(28)24(21)33-18-7-11-34(3)12-8-18/h4-6,15,17-19,33H,7-14H2,1-3H3,(H,32,36). The molecule has 2 aliphatic rings. The third kappa shape index (κ3) is 6.26. The summed E-state index contributed by atoms with van der Waals surface area (Å²) in [4.78, 5) is 29.3. The summed E-state index contributed by atoms with van der Waals surface area (Å²) in [6, 6.07) is 3.26. The Morgan fingerprint density at radius 2 is 1.82 bits per heavy atom. The van der Waals surface area contributed by atoms with Crippen molar-refractivity contribution in [2.75, 3.05) is 38.7 Å². The van der Waals surface area contributed by atoms with Gasteiger partial charge in [0.05, 0.1) is 22.9 Å². The van der Waals surface area contributed by atoms with Crippen LogP contribution in [0.1, 0.15) is 71.7 Å². The van der Waals surface area contributed by atoms with Gasteiger partial charge >= 0.3 is 6.18 Å². The number of piperidine rings is 1. The molecule has 0 radical (unpaired) electrons. The van der Waals surface area contributed by atoms with Gasteiger partial charge in [0.25, 0.3) is 11.5 Å². The van der Waals surface area contributed by atoms with Gasteiger partial charge in [0, 0.05) is 31.5 Å². The third-order valence-corrected chi connectivity index (χ3v) is 8.31. The highest BCUT2D eigenvalue weighted by Gasteiger charge is 2.34. The smallest absolute Gasteiger partial charge is 0.381 e. The van der Waals surface area contributed by atoms with Gasteiger partial charge < -0.3 is 24.8 Å². The van der Waals surface area contributed by atoms with E-state index in [9.17, 15) is 22.8 Å². The number of nitrogens with zero attached hydrogens (tertiary/aromatic N) is 2. The van der Waals surface area contributed by atoms with Crippen LogP contribution in [0.5, 0.6) is 0 Å². The number of anilines is 1. The van der Waals surface area contributed by atoms with Gasteiger partial charge in [-0.15, -0.1) is 0 Å². The SMILES string of the molecule is Cc1c(C(C)NC(=O)c2cn(C3CCOCC3)c(=O)c(Br)c2NC2CCN(C)CC2)cccc1C(F)(F)F. The lowest BCUT2D eigenvalue weighted by Crippen LogP contribution is -2.39. The number of carbonyl (C=O) groups excluding carboxylic acids is 1. The number of halogens is 4. The first kappa shape index (κ1) is 28.6. The summed E-state index contributed by atoms with van der Waals surface area (Å²) in [6.07, 6.45) is 0.101. The zero-order valence-corrected chi connectivity index (χ0v) is 23.4. The van der Waals surface area contributed by atoms with Crippen molar-refractivity contribution in [2.24, 2.45) is 0 Å². The van der Waals surface area contributed by atoms with Gasteiger partial charge in [-0.2, -0.15) is 13.2 Å². The molecule has 2 aliphatic heterocycles. The van der Waals surface area contributed by atoms with Crippen LogP contribution in [0.15, 0.2) is 33.7 Å². The molecule has 1 aromatic carbocycles. The molecule has 1 aromatic heterocycles. The van der Waals surface area contributed by atoms with Crippen molar-refractivity contribution in [3.05, 3.63) is 61.5 Å². The summed E-state index contributed by atoms with van der Waals surface area (Å²) in [5, 5.41) is 6.30. The van der Waals surface area contributed by atoms with Crippen LogP contribution in [0, 0.1) is 6.92 Å².